The standard InChI is InChI=1S/C40H54FN6O7P/c1-4-6-7-8-9-10-11-12-13-14-21-26-52-38(49)33(27-31-22-17-15-18-23-31)46-55(50,54-32-24-19-16-20-25-32)53-29-40(5-2,51-3)34(48)28-47-30-43-35-36(42)44-39(41)45-37(35)47/h2,15-20,22-25,30,33-34,48H,4,6-14,21,26-29H2,1,3H3,(H,46,50)(H2,42,44,45)/t33-,34-,40+,55+/m0/s1. The Hall–Kier alpha value is -4.38. The smallest absolute Gasteiger partial charge is 0.459 e. The monoisotopic (exact) mass is 780 g/mol. The summed E-state index contributed by atoms with van der Waals surface area (Å²) in [4.78, 5) is 25.0. The molecule has 0 aliphatic rings. The van der Waals surface area contributed by atoms with Gasteiger partial charge in [0.2, 0.25) is 0 Å². The van der Waals surface area contributed by atoms with Crippen LogP contribution in [0.4, 0.5) is 10.2 Å². The molecule has 0 saturated heterocycles. The van der Waals surface area contributed by atoms with Crippen molar-refractivity contribution in [3.63, 3.8) is 0 Å². The van der Waals surface area contributed by atoms with E-state index >= 15 is 0 Å². The highest BCUT2D eigenvalue weighted by Crippen LogP contribution is 2.46. The van der Waals surface area contributed by atoms with E-state index in [1.54, 1.807) is 30.3 Å². The zero-order valence-electron chi connectivity index (χ0n) is 31.8. The number of carbonyl (C=O) groups is 1. The molecule has 0 aliphatic carbocycles. The molecule has 55 heavy (non-hydrogen) atoms. The van der Waals surface area contributed by atoms with Gasteiger partial charge in [-0.2, -0.15) is 19.4 Å². The van der Waals surface area contributed by atoms with Gasteiger partial charge in [0, 0.05) is 7.11 Å². The highest BCUT2D eigenvalue weighted by atomic mass is 31.2. The minimum atomic E-state index is -4.49. The number of methoxy groups -OCH3 is 1. The van der Waals surface area contributed by atoms with E-state index in [0.29, 0.717) is 6.42 Å². The second-order valence-corrected chi connectivity index (χ2v) is 15.1. The first-order chi connectivity index (χ1) is 26.6. The van der Waals surface area contributed by atoms with E-state index < -0.39 is 44.1 Å². The molecule has 0 aliphatic heterocycles. The van der Waals surface area contributed by atoms with Crippen molar-refractivity contribution in [2.45, 2.75) is 108 Å². The number of para-hydroxylation sites is 1. The van der Waals surface area contributed by atoms with Crippen LogP contribution >= 0.6 is 7.75 Å². The number of unbranched alkanes of at least 4 members (excludes halogenated alkanes) is 10. The summed E-state index contributed by atoms with van der Waals surface area (Å²) >= 11 is 0. The van der Waals surface area contributed by atoms with Gasteiger partial charge in [-0.05, 0) is 30.5 Å². The summed E-state index contributed by atoms with van der Waals surface area (Å²) in [7, 11) is -3.24. The number of aromatic nitrogens is 4. The van der Waals surface area contributed by atoms with Gasteiger partial charge in [-0.25, -0.2) is 9.55 Å². The fourth-order valence-corrected chi connectivity index (χ4v) is 7.57. The molecule has 2 aromatic carbocycles. The first-order valence-corrected chi connectivity index (χ1v) is 20.5. The Morgan fingerprint density at radius 3 is 2.24 bits per heavy atom. The van der Waals surface area contributed by atoms with Crippen molar-refractivity contribution in [3.8, 4) is 18.1 Å². The summed E-state index contributed by atoms with van der Waals surface area (Å²) in [6, 6.07) is 16.3. The number of fused-ring (bicyclic) bond motifs is 1. The van der Waals surface area contributed by atoms with Crippen molar-refractivity contribution in [2.24, 2.45) is 0 Å². The minimum absolute atomic E-state index is 0.0159. The van der Waals surface area contributed by atoms with Gasteiger partial charge in [0.25, 0.3) is 0 Å². The van der Waals surface area contributed by atoms with Gasteiger partial charge in [0.1, 0.15) is 30.0 Å². The van der Waals surface area contributed by atoms with E-state index in [4.69, 9.17) is 30.7 Å². The number of nitrogen functional groups attached to an aromatic ring is 1. The molecule has 0 amide bonds. The van der Waals surface area contributed by atoms with Crippen LogP contribution in [0.3, 0.4) is 0 Å². The molecule has 4 N–H and O–H groups in total. The largest absolute Gasteiger partial charge is 0.465 e. The van der Waals surface area contributed by atoms with E-state index in [9.17, 15) is 18.9 Å². The maximum Gasteiger partial charge on any atom is 0.459 e. The second-order valence-electron chi connectivity index (χ2n) is 13.5. The molecule has 4 atom stereocenters. The summed E-state index contributed by atoms with van der Waals surface area (Å²) in [5.74, 6) is 1.78. The number of terminal acetylenes is 1. The van der Waals surface area contributed by atoms with Crippen molar-refractivity contribution >= 4 is 30.7 Å². The highest BCUT2D eigenvalue weighted by molar-refractivity contribution is 7.52. The normalized spacial score (nSPS) is 14.7. The van der Waals surface area contributed by atoms with E-state index in [0.717, 1.165) is 24.8 Å². The van der Waals surface area contributed by atoms with Crippen LogP contribution in [0, 0.1) is 18.4 Å². The van der Waals surface area contributed by atoms with E-state index in [2.05, 4.69) is 32.9 Å². The molecule has 4 rings (SSSR count). The zero-order valence-corrected chi connectivity index (χ0v) is 32.7. The third kappa shape index (κ3) is 13.4. The first kappa shape index (κ1) is 43.3. The maximum absolute atomic E-state index is 14.7. The number of hydrogen-bond acceptors (Lipinski definition) is 11. The van der Waals surface area contributed by atoms with E-state index in [-0.39, 0.29) is 42.3 Å². The Kier molecular flexibility index (Phi) is 17.5. The van der Waals surface area contributed by atoms with Crippen LogP contribution in [-0.2, 0) is 36.3 Å². The number of aliphatic hydroxyl groups is 1. The lowest BCUT2D eigenvalue weighted by Gasteiger charge is -2.33. The Morgan fingerprint density at radius 2 is 1.62 bits per heavy atom. The van der Waals surface area contributed by atoms with Crippen LogP contribution in [0.1, 0.15) is 83.1 Å². The van der Waals surface area contributed by atoms with Crippen molar-refractivity contribution in [1.29, 1.82) is 0 Å². The Balaban J connectivity index is 1.46. The molecule has 0 unspecified atom stereocenters. The first-order valence-electron chi connectivity index (χ1n) is 18.9. The lowest BCUT2D eigenvalue weighted by Crippen LogP contribution is -2.49. The van der Waals surface area contributed by atoms with Crippen molar-refractivity contribution < 1.29 is 37.4 Å². The number of nitrogens with zero attached hydrogens (tertiary/aromatic N) is 4. The molecule has 2 heterocycles. The fourth-order valence-electron chi connectivity index (χ4n) is 6.05. The summed E-state index contributed by atoms with van der Waals surface area (Å²) in [6.07, 6.45) is 17.4. The molecule has 4 aromatic rings. The molecule has 0 spiro atoms. The number of nitrogens with one attached hydrogen (secondary N) is 1. The van der Waals surface area contributed by atoms with Crippen LogP contribution < -0.4 is 15.3 Å². The molecule has 298 valence electrons. The van der Waals surface area contributed by atoms with Gasteiger partial charge in [-0.3, -0.25) is 9.32 Å². The van der Waals surface area contributed by atoms with Crippen LogP contribution in [0.2, 0.25) is 0 Å². The van der Waals surface area contributed by atoms with Gasteiger partial charge < -0.3 is 29.4 Å². The van der Waals surface area contributed by atoms with Gasteiger partial charge in [0.15, 0.2) is 17.1 Å². The zero-order chi connectivity index (χ0) is 39.5. The lowest BCUT2D eigenvalue weighted by atomic mass is 9.98. The number of imidazole rings is 1. The number of ether oxygens (including phenoxy) is 2. The van der Waals surface area contributed by atoms with Crippen molar-refractivity contribution in [1.82, 2.24) is 24.6 Å². The highest BCUT2D eigenvalue weighted by Gasteiger charge is 2.43. The average molecular weight is 781 g/mol. The molecule has 15 heteroatoms. The average Bonchev–Trinajstić information content (AvgIpc) is 3.58. The number of rotatable bonds is 26. The molecule has 0 bridgehead atoms. The molecule has 0 fully saturated rings. The second kappa shape index (κ2) is 22.2. The summed E-state index contributed by atoms with van der Waals surface area (Å²) in [6.45, 7) is 1.46. The van der Waals surface area contributed by atoms with Gasteiger partial charge in [-0.1, -0.05) is 126 Å². The van der Waals surface area contributed by atoms with Crippen LogP contribution in [0.5, 0.6) is 5.75 Å². The minimum Gasteiger partial charge on any atom is -0.465 e. The van der Waals surface area contributed by atoms with E-state index in [1.165, 1.54) is 62.9 Å². The number of esters is 1. The maximum atomic E-state index is 14.7. The topological polar surface area (TPSA) is 173 Å². The van der Waals surface area contributed by atoms with Gasteiger partial charge in [-0.15, -0.1) is 6.42 Å². The summed E-state index contributed by atoms with van der Waals surface area (Å²) in [5, 5.41) is 14.2. The van der Waals surface area contributed by atoms with Crippen LogP contribution in [0.25, 0.3) is 11.2 Å². The number of carbonyl (C=O) groups excluding carboxylic acids is 1. The number of benzene rings is 2. The van der Waals surface area contributed by atoms with Crippen LogP contribution in [0.15, 0.2) is 67.0 Å². The number of anilines is 1. The number of nitrogens with two attached hydrogens (primary N) is 1. The third-order valence-corrected chi connectivity index (χ3v) is 10.8. The molecule has 2 aromatic heterocycles. The number of aliphatic hydroxyl groups excluding tert-OH is 1. The SMILES string of the molecule is C#C[C@](CO[P@](=O)(N[C@@H](Cc1ccccc1)C(=O)OCCCCCCCCCCCCC)Oc1ccccc1)(OC)[C@@H](O)Cn1cnc2c(N)nc(F)nc21. The predicted octanol–water partition coefficient (Wildman–Crippen LogP) is 7.19. The third-order valence-electron chi connectivity index (χ3n) is 9.27. The molecule has 13 nitrogen and oxygen atoms in total. The molecule has 0 saturated carbocycles. The molecular formula is C40H54FN6O7P. The Morgan fingerprint density at radius 1 is 1.00 bits per heavy atom. The predicted molar refractivity (Wildman–Crippen MR) is 209 cm³/mol. The number of halogens is 1. The number of hydrogen-bond donors (Lipinski definition) is 3. The summed E-state index contributed by atoms with van der Waals surface area (Å²) < 4.78 is 53.2. The lowest BCUT2D eigenvalue weighted by molar-refractivity contribution is -0.146. The van der Waals surface area contributed by atoms with Crippen molar-refractivity contribution in [2.75, 3.05) is 26.1 Å². The van der Waals surface area contributed by atoms with Crippen LogP contribution in [-0.4, -0.2) is 68.7 Å². The molecule has 0 radical (unpaired) electrons. The molecular weight excluding hydrogens is 726 g/mol. The van der Waals surface area contributed by atoms with Gasteiger partial charge in [0.05, 0.1) is 19.5 Å². The fraction of sp³-hybridized carbons (Fsp3) is 0.500. The van der Waals surface area contributed by atoms with Crippen molar-refractivity contribution in [3.05, 3.63) is 78.6 Å². The van der Waals surface area contributed by atoms with E-state index in [1.807, 2.05) is 30.3 Å². The van der Waals surface area contributed by atoms with Gasteiger partial charge >= 0.3 is 19.8 Å². The summed E-state index contributed by atoms with van der Waals surface area (Å²) in [5.41, 5.74) is 4.78. The quantitative estimate of drug-likeness (QED) is 0.0193. The Bertz CT molecular complexity index is 1840. The Labute approximate surface area is 323 Å².